The summed E-state index contributed by atoms with van der Waals surface area (Å²) >= 11 is 7.80. The fourth-order valence-electron chi connectivity index (χ4n) is 4.35. The second-order valence-corrected chi connectivity index (χ2v) is 9.91. The standard InChI is InChI=1S/C26H26ClN3O4S/c1-2-3-14-28(26(32)19-6-10-21(11-7-19)30(33)34)17-24(31)29-15-12-23-22(13-16-35-23)25(29)18-4-8-20(27)9-5-18/h4-11,13,16,25H,2-3,12,14-15,17H2,1H3/t25-/m1/s1. The van der Waals surface area contributed by atoms with Crippen molar-refractivity contribution in [3.63, 3.8) is 0 Å². The van der Waals surface area contributed by atoms with Gasteiger partial charge in [0.25, 0.3) is 11.6 Å². The van der Waals surface area contributed by atoms with Gasteiger partial charge in [0.15, 0.2) is 0 Å². The van der Waals surface area contributed by atoms with Gasteiger partial charge in [-0.1, -0.05) is 37.1 Å². The normalized spacial score (nSPS) is 14.9. The summed E-state index contributed by atoms with van der Waals surface area (Å²) in [4.78, 5) is 42.0. The van der Waals surface area contributed by atoms with Crippen molar-refractivity contribution < 1.29 is 14.5 Å². The van der Waals surface area contributed by atoms with Crippen LogP contribution in [0.15, 0.2) is 60.0 Å². The Labute approximate surface area is 213 Å². The molecule has 3 aromatic rings. The molecule has 2 amide bonds. The van der Waals surface area contributed by atoms with Gasteiger partial charge in [-0.3, -0.25) is 19.7 Å². The summed E-state index contributed by atoms with van der Waals surface area (Å²) in [5.41, 5.74) is 2.33. The lowest BCUT2D eigenvalue weighted by Gasteiger charge is -2.37. The molecule has 0 radical (unpaired) electrons. The van der Waals surface area contributed by atoms with Crippen molar-refractivity contribution in [3.8, 4) is 0 Å². The number of amides is 2. The van der Waals surface area contributed by atoms with Gasteiger partial charge in [0.2, 0.25) is 5.91 Å². The van der Waals surface area contributed by atoms with Crippen LogP contribution in [0.3, 0.4) is 0 Å². The number of nitro benzene ring substituents is 1. The van der Waals surface area contributed by atoms with E-state index in [4.69, 9.17) is 11.6 Å². The van der Waals surface area contributed by atoms with Crippen molar-refractivity contribution in [2.45, 2.75) is 32.2 Å². The van der Waals surface area contributed by atoms with Crippen LogP contribution in [0.25, 0.3) is 0 Å². The van der Waals surface area contributed by atoms with E-state index in [0.717, 1.165) is 30.4 Å². The summed E-state index contributed by atoms with van der Waals surface area (Å²) in [5, 5.41) is 13.6. The quantitative estimate of drug-likeness (QED) is 0.286. The Balaban J connectivity index is 1.59. The number of hydrogen-bond acceptors (Lipinski definition) is 5. The molecule has 0 fully saturated rings. The van der Waals surface area contributed by atoms with Crippen LogP contribution in [0.5, 0.6) is 0 Å². The number of halogens is 1. The number of hydrogen-bond donors (Lipinski definition) is 0. The van der Waals surface area contributed by atoms with E-state index in [9.17, 15) is 19.7 Å². The molecule has 9 heteroatoms. The summed E-state index contributed by atoms with van der Waals surface area (Å²) in [7, 11) is 0. The number of thiophene rings is 1. The van der Waals surface area contributed by atoms with Gasteiger partial charge in [-0.25, -0.2) is 0 Å². The number of carbonyl (C=O) groups is 2. The van der Waals surface area contributed by atoms with Crippen LogP contribution >= 0.6 is 22.9 Å². The second-order valence-electron chi connectivity index (χ2n) is 8.47. The van der Waals surface area contributed by atoms with Crippen molar-refractivity contribution in [1.29, 1.82) is 0 Å². The van der Waals surface area contributed by atoms with Crippen LogP contribution in [0.4, 0.5) is 5.69 Å². The Bertz CT molecular complexity index is 1210. The number of carbonyl (C=O) groups excluding carboxylic acids is 2. The molecule has 0 unspecified atom stereocenters. The van der Waals surface area contributed by atoms with E-state index in [0.29, 0.717) is 23.7 Å². The maximum Gasteiger partial charge on any atom is 0.269 e. The number of benzene rings is 2. The number of nitro groups is 1. The predicted molar refractivity (Wildman–Crippen MR) is 137 cm³/mol. The minimum Gasteiger partial charge on any atom is -0.330 e. The minimum absolute atomic E-state index is 0.0562. The van der Waals surface area contributed by atoms with E-state index < -0.39 is 4.92 Å². The predicted octanol–water partition coefficient (Wildman–Crippen LogP) is 5.73. The molecule has 1 aromatic heterocycles. The molecule has 1 atom stereocenters. The third-order valence-electron chi connectivity index (χ3n) is 6.19. The first-order valence-electron chi connectivity index (χ1n) is 11.5. The molecule has 1 aliphatic heterocycles. The Morgan fingerprint density at radius 2 is 1.86 bits per heavy atom. The highest BCUT2D eigenvalue weighted by atomic mass is 35.5. The molecule has 2 heterocycles. The first-order chi connectivity index (χ1) is 16.9. The van der Waals surface area contributed by atoms with Gasteiger partial charge >= 0.3 is 0 Å². The molecular formula is C26H26ClN3O4S. The monoisotopic (exact) mass is 511 g/mol. The zero-order chi connectivity index (χ0) is 24.9. The highest BCUT2D eigenvalue weighted by molar-refractivity contribution is 7.10. The molecule has 0 aliphatic carbocycles. The average molecular weight is 512 g/mol. The van der Waals surface area contributed by atoms with Crippen molar-refractivity contribution in [2.75, 3.05) is 19.6 Å². The molecule has 0 N–H and O–H groups in total. The van der Waals surface area contributed by atoms with Crippen molar-refractivity contribution >= 4 is 40.4 Å². The third kappa shape index (κ3) is 5.55. The smallest absolute Gasteiger partial charge is 0.269 e. The Kier molecular flexibility index (Phi) is 7.83. The number of nitrogens with zero attached hydrogens (tertiary/aromatic N) is 3. The van der Waals surface area contributed by atoms with Crippen molar-refractivity contribution in [3.05, 3.63) is 96.7 Å². The molecule has 2 aromatic carbocycles. The molecule has 0 spiro atoms. The van der Waals surface area contributed by atoms with Crippen LogP contribution in [-0.4, -0.2) is 46.2 Å². The molecule has 0 saturated heterocycles. The highest BCUT2D eigenvalue weighted by Gasteiger charge is 2.34. The van der Waals surface area contributed by atoms with Gasteiger partial charge in [-0.15, -0.1) is 11.3 Å². The summed E-state index contributed by atoms with van der Waals surface area (Å²) in [6.45, 7) is 2.96. The zero-order valence-corrected chi connectivity index (χ0v) is 20.9. The lowest BCUT2D eigenvalue weighted by Crippen LogP contribution is -2.47. The number of fused-ring (bicyclic) bond motifs is 1. The van der Waals surface area contributed by atoms with E-state index in [1.165, 1.54) is 29.1 Å². The number of non-ortho nitro benzene ring substituents is 1. The van der Waals surface area contributed by atoms with Crippen molar-refractivity contribution in [1.82, 2.24) is 9.80 Å². The third-order valence-corrected chi connectivity index (χ3v) is 7.44. The zero-order valence-electron chi connectivity index (χ0n) is 19.4. The van der Waals surface area contributed by atoms with E-state index in [1.807, 2.05) is 41.5 Å². The molecule has 7 nitrogen and oxygen atoms in total. The van der Waals surface area contributed by atoms with E-state index in [-0.39, 0.29) is 30.1 Å². The maximum absolute atomic E-state index is 13.7. The summed E-state index contributed by atoms with van der Waals surface area (Å²) in [6, 6.07) is 14.9. The summed E-state index contributed by atoms with van der Waals surface area (Å²) in [6.07, 6.45) is 2.39. The Morgan fingerprint density at radius 1 is 1.14 bits per heavy atom. The molecule has 1 aliphatic rings. The van der Waals surface area contributed by atoms with Gasteiger partial charge in [-0.2, -0.15) is 0 Å². The van der Waals surface area contributed by atoms with Crippen LogP contribution in [0.1, 0.15) is 52.2 Å². The van der Waals surface area contributed by atoms with Crippen LogP contribution in [-0.2, 0) is 11.2 Å². The fourth-order valence-corrected chi connectivity index (χ4v) is 5.38. The Hall–Kier alpha value is -3.23. The first kappa shape index (κ1) is 24.9. The second kappa shape index (κ2) is 11.0. The largest absolute Gasteiger partial charge is 0.330 e. The summed E-state index contributed by atoms with van der Waals surface area (Å²) < 4.78 is 0. The maximum atomic E-state index is 13.7. The molecule has 4 rings (SSSR count). The van der Waals surface area contributed by atoms with Crippen molar-refractivity contribution in [2.24, 2.45) is 0 Å². The molecule has 35 heavy (non-hydrogen) atoms. The SMILES string of the molecule is CCCCN(CC(=O)N1CCc2sccc2[C@H]1c1ccc(Cl)cc1)C(=O)c1ccc([N+](=O)[O-])cc1. The van der Waals surface area contributed by atoms with Gasteiger partial charge in [0.05, 0.1) is 11.0 Å². The summed E-state index contributed by atoms with van der Waals surface area (Å²) in [5.74, 6) is -0.439. The molecule has 182 valence electrons. The van der Waals surface area contributed by atoms with Gasteiger partial charge in [0.1, 0.15) is 6.54 Å². The lowest BCUT2D eigenvalue weighted by atomic mass is 9.93. The molecule has 0 bridgehead atoms. The topological polar surface area (TPSA) is 83.8 Å². The van der Waals surface area contributed by atoms with Gasteiger partial charge in [0, 0.05) is 40.7 Å². The Morgan fingerprint density at radius 3 is 2.51 bits per heavy atom. The van der Waals surface area contributed by atoms with Gasteiger partial charge < -0.3 is 9.80 Å². The minimum atomic E-state index is -0.501. The van der Waals surface area contributed by atoms with E-state index in [2.05, 4.69) is 6.07 Å². The fraction of sp³-hybridized carbons (Fsp3) is 0.308. The first-order valence-corrected chi connectivity index (χ1v) is 12.8. The van der Waals surface area contributed by atoms with E-state index >= 15 is 0 Å². The van der Waals surface area contributed by atoms with Gasteiger partial charge in [-0.05, 0) is 59.7 Å². The van der Waals surface area contributed by atoms with Crippen LogP contribution < -0.4 is 0 Å². The number of rotatable bonds is 8. The molecule has 0 saturated carbocycles. The average Bonchev–Trinajstić information content (AvgIpc) is 3.35. The lowest BCUT2D eigenvalue weighted by molar-refractivity contribution is -0.384. The van der Waals surface area contributed by atoms with E-state index in [1.54, 1.807) is 16.2 Å². The highest BCUT2D eigenvalue weighted by Crippen LogP contribution is 2.38. The number of unbranched alkanes of at least 4 members (excludes halogenated alkanes) is 1. The molecular weight excluding hydrogens is 486 g/mol. The van der Waals surface area contributed by atoms with Crippen LogP contribution in [0, 0.1) is 10.1 Å². The van der Waals surface area contributed by atoms with Crippen LogP contribution in [0.2, 0.25) is 5.02 Å².